The Morgan fingerprint density at radius 1 is 1.17 bits per heavy atom. The molecule has 3 nitrogen and oxygen atoms in total. The fraction of sp³-hybridized carbons (Fsp3) is 0.316. The molecular formula is C19H23ClN2O. The molecule has 0 bridgehead atoms. The van der Waals surface area contributed by atoms with Crippen LogP contribution in [0, 0.1) is 6.92 Å². The van der Waals surface area contributed by atoms with Crippen LogP contribution >= 0.6 is 11.6 Å². The van der Waals surface area contributed by atoms with Crippen molar-refractivity contribution in [3.05, 3.63) is 64.7 Å². The number of amides is 1. The lowest BCUT2D eigenvalue weighted by atomic mass is 10.2. The summed E-state index contributed by atoms with van der Waals surface area (Å²) in [6.07, 6.45) is 0.465. The molecule has 2 aromatic rings. The molecule has 1 N–H and O–H groups in total. The first kappa shape index (κ1) is 17.4. The van der Waals surface area contributed by atoms with Gasteiger partial charge in [0, 0.05) is 36.8 Å². The van der Waals surface area contributed by atoms with Gasteiger partial charge in [-0.15, -0.1) is 0 Å². The SMILES string of the molecule is CCN(CCC(=O)NCc1ccccc1Cl)c1cccc(C)c1. The number of aryl methyl sites for hydroxylation is 1. The molecule has 0 spiro atoms. The fourth-order valence-electron chi connectivity index (χ4n) is 2.45. The van der Waals surface area contributed by atoms with Crippen LogP contribution in [0.25, 0.3) is 0 Å². The van der Waals surface area contributed by atoms with Gasteiger partial charge in [0.05, 0.1) is 0 Å². The Labute approximate surface area is 143 Å². The number of carbonyl (C=O) groups is 1. The number of rotatable bonds is 7. The second kappa shape index (κ2) is 8.59. The molecule has 0 saturated heterocycles. The monoisotopic (exact) mass is 330 g/mol. The van der Waals surface area contributed by atoms with Gasteiger partial charge in [0.1, 0.15) is 0 Å². The first-order valence-electron chi connectivity index (χ1n) is 7.92. The number of anilines is 1. The van der Waals surface area contributed by atoms with Crippen LogP contribution in [-0.2, 0) is 11.3 Å². The number of hydrogen-bond acceptors (Lipinski definition) is 2. The van der Waals surface area contributed by atoms with Crippen LogP contribution in [0.15, 0.2) is 48.5 Å². The van der Waals surface area contributed by atoms with Gasteiger partial charge in [-0.3, -0.25) is 4.79 Å². The Morgan fingerprint density at radius 3 is 2.65 bits per heavy atom. The molecule has 0 aliphatic carbocycles. The van der Waals surface area contributed by atoms with Crippen molar-refractivity contribution in [2.75, 3.05) is 18.0 Å². The maximum atomic E-state index is 12.1. The molecule has 0 saturated carbocycles. The Bertz CT molecular complexity index is 657. The number of halogens is 1. The van der Waals surface area contributed by atoms with E-state index in [2.05, 4.69) is 42.3 Å². The maximum Gasteiger partial charge on any atom is 0.222 e. The Morgan fingerprint density at radius 2 is 1.96 bits per heavy atom. The summed E-state index contributed by atoms with van der Waals surface area (Å²) in [7, 11) is 0. The summed E-state index contributed by atoms with van der Waals surface area (Å²) in [5.41, 5.74) is 3.32. The van der Waals surface area contributed by atoms with Gasteiger partial charge in [-0.2, -0.15) is 0 Å². The molecule has 0 unspecified atom stereocenters. The van der Waals surface area contributed by atoms with Crippen LogP contribution in [0.2, 0.25) is 5.02 Å². The third-order valence-electron chi connectivity index (χ3n) is 3.79. The van der Waals surface area contributed by atoms with Gasteiger partial charge in [0.15, 0.2) is 0 Å². The minimum Gasteiger partial charge on any atom is -0.371 e. The highest BCUT2D eigenvalue weighted by Gasteiger charge is 2.08. The third kappa shape index (κ3) is 5.29. The average molecular weight is 331 g/mol. The van der Waals surface area contributed by atoms with E-state index in [1.165, 1.54) is 5.56 Å². The normalized spacial score (nSPS) is 10.4. The van der Waals surface area contributed by atoms with Crippen molar-refractivity contribution in [2.45, 2.75) is 26.8 Å². The predicted molar refractivity (Wildman–Crippen MR) is 97.0 cm³/mol. The Balaban J connectivity index is 1.84. The summed E-state index contributed by atoms with van der Waals surface area (Å²) >= 11 is 6.09. The predicted octanol–water partition coefficient (Wildman–Crippen LogP) is 4.18. The molecular weight excluding hydrogens is 308 g/mol. The molecule has 4 heteroatoms. The third-order valence-corrected chi connectivity index (χ3v) is 4.16. The highest BCUT2D eigenvalue weighted by atomic mass is 35.5. The zero-order valence-corrected chi connectivity index (χ0v) is 14.4. The minimum absolute atomic E-state index is 0.0380. The van der Waals surface area contributed by atoms with Crippen LogP contribution < -0.4 is 10.2 Å². The lowest BCUT2D eigenvalue weighted by molar-refractivity contribution is -0.121. The summed E-state index contributed by atoms with van der Waals surface area (Å²) in [5, 5.41) is 3.62. The van der Waals surface area contributed by atoms with Crippen LogP contribution in [0.5, 0.6) is 0 Å². The second-order valence-corrected chi connectivity index (χ2v) is 5.94. The first-order valence-corrected chi connectivity index (χ1v) is 8.29. The minimum atomic E-state index is 0.0380. The Kier molecular flexibility index (Phi) is 6.48. The molecule has 1 amide bonds. The van der Waals surface area contributed by atoms with E-state index in [-0.39, 0.29) is 5.91 Å². The molecule has 23 heavy (non-hydrogen) atoms. The van der Waals surface area contributed by atoms with E-state index in [1.54, 1.807) is 0 Å². The largest absolute Gasteiger partial charge is 0.371 e. The summed E-state index contributed by atoms with van der Waals surface area (Å²) < 4.78 is 0. The molecule has 122 valence electrons. The zero-order valence-electron chi connectivity index (χ0n) is 13.7. The molecule has 2 aromatic carbocycles. The first-order chi connectivity index (χ1) is 11.1. The molecule has 0 heterocycles. The van der Waals surface area contributed by atoms with Gasteiger partial charge in [-0.1, -0.05) is 41.9 Å². The molecule has 0 atom stereocenters. The molecule has 0 aromatic heterocycles. The highest BCUT2D eigenvalue weighted by molar-refractivity contribution is 6.31. The van der Waals surface area contributed by atoms with Crippen molar-refractivity contribution < 1.29 is 4.79 Å². The van der Waals surface area contributed by atoms with E-state index >= 15 is 0 Å². The van der Waals surface area contributed by atoms with E-state index < -0.39 is 0 Å². The Hall–Kier alpha value is -2.00. The number of carbonyl (C=O) groups excluding carboxylic acids is 1. The molecule has 0 radical (unpaired) electrons. The second-order valence-electron chi connectivity index (χ2n) is 5.54. The number of benzene rings is 2. The zero-order chi connectivity index (χ0) is 16.7. The standard InChI is InChI=1S/C19H23ClN2O/c1-3-22(17-9-6-7-15(2)13-17)12-11-19(23)21-14-16-8-4-5-10-18(16)20/h4-10,13H,3,11-12,14H2,1-2H3,(H,21,23). The van der Waals surface area contributed by atoms with Crippen molar-refractivity contribution in [1.29, 1.82) is 0 Å². The van der Waals surface area contributed by atoms with E-state index in [4.69, 9.17) is 11.6 Å². The summed E-state index contributed by atoms with van der Waals surface area (Å²) in [4.78, 5) is 14.3. The van der Waals surface area contributed by atoms with Crippen molar-refractivity contribution in [1.82, 2.24) is 5.32 Å². The lowest BCUT2D eigenvalue weighted by Gasteiger charge is -2.23. The molecule has 0 aliphatic rings. The molecule has 2 rings (SSSR count). The highest BCUT2D eigenvalue weighted by Crippen LogP contribution is 2.16. The lowest BCUT2D eigenvalue weighted by Crippen LogP contribution is -2.30. The average Bonchev–Trinajstić information content (AvgIpc) is 2.55. The van der Waals surface area contributed by atoms with Gasteiger partial charge >= 0.3 is 0 Å². The summed E-state index contributed by atoms with van der Waals surface area (Å²) in [6, 6.07) is 15.9. The number of nitrogens with zero attached hydrogens (tertiary/aromatic N) is 1. The molecule has 0 aliphatic heterocycles. The topological polar surface area (TPSA) is 32.3 Å². The van der Waals surface area contributed by atoms with E-state index in [0.29, 0.717) is 24.5 Å². The number of hydrogen-bond donors (Lipinski definition) is 1. The van der Waals surface area contributed by atoms with E-state index in [0.717, 1.165) is 17.8 Å². The quantitative estimate of drug-likeness (QED) is 0.826. The van der Waals surface area contributed by atoms with Crippen molar-refractivity contribution in [3.63, 3.8) is 0 Å². The van der Waals surface area contributed by atoms with Crippen LogP contribution in [-0.4, -0.2) is 19.0 Å². The van der Waals surface area contributed by atoms with Gasteiger partial charge in [-0.05, 0) is 43.2 Å². The van der Waals surface area contributed by atoms with Gasteiger partial charge in [0.2, 0.25) is 5.91 Å². The smallest absolute Gasteiger partial charge is 0.222 e. The van der Waals surface area contributed by atoms with Crippen molar-refractivity contribution in [2.24, 2.45) is 0 Å². The van der Waals surface area contributed by atoms with Crippen molar-refractivity contribution in [3.8, 4) is 0 Å². The van der Waals surface area contributed by atoms with Gasteiger partial charge < -0.3 is 10.2 Å². The van der Waals surface area contributed by atoms with Gasteiger partial charge in [-0.25, -0.2) is 0 Å². The van der Waals surface area contributed by atoms with E-state index in [1.807, 2.05) is 30.3 Å². The van der Waals surface area contributed by atoms with Gasteiger partial charge in [0.25, 0.3) is 0 Å². The summed E-state index contributed by atoms with van der Waals surface area (Å²) in [6.45, 7) is 6.22. The van der Waals surface area contributed by atoms with Crippen molar-refractivity contribution >= 4 is 23.2 Å². The summed E-state index contributed by atoms with van der Waals surface area (Å²) in [5.74, 6) is 0.0380. The maximum absolute atomic E-state index is 12.1. The molecule has 0 fully saturated rings. The fourth-order valence-corrected chi connectivity index (χ4v) is 2.66. The van der Waals surface area contributed by atoms with Crippen LogP contribution in [0.1, 0.15) is 24.5 Å². The van der Waals surface area contributed by atoms with E-state index in [9.17, 15) is 4.79 Å². The van der Waals surface area contributed by atoms with Crippen LogP contribution in [0.4, 0.5) is 5.69 Å². The number of nitrogens with one attached hydrogen (secondary N) is 1. The van der Waals surface area contributed by atoms with Crippen LogP contribution in [0.3, 0.4) is 0 Å².